The molecule has 27 heavy (non-hydrogen) atoms. The maximum absolute atomic E-state index is 12.1. The number of hydrogen-bond acceptors (Lipinski definition) is 8. The Morgan fingerprint density at radius 3 is 2.85 bits per heavy atom. The summed E-state index contributed by atoms with van der Waals surface area (Å²) in [5.41, 5.74) is 6.41. The number of nitrogen functional groups attached to an aromatic ring is 1. The van der Waals surface area contributed by atoms with Crippen molar-refractivity contribution in [2.45, 2.75) is 6.42 Å². The summed E-state index contributed by atoms with van der Waals surface area (Å²) in [6.07, 6.45) is 0.552. The summed E-state index contributed by atoms with van der Waals surface area (Å²) in [7, 11) is 0. The second kappa shape index (κ2) is 7.58. The first kappa shape index (κ1) is 17.2. The predicted octanol–water partition coefficient (Wildman–Crippen LogP) is 0.786. The number of nitrogens with one attached hydrogen (secondary N) is 2. The van der Waals surface area contributed by atoms with Crippen LogP contribution in [0.2, 0.25) is 0 Å². The molecular weight excluding hydrogens is 346 g/mol. The Labute approximate surface area is 155 Å². The number of H-pyrrole nitrogens is 1. The Bertz CT molecular complexity index is 998. The van der Waals surface area contributed by atoms with Crippen molar-refractivity contribution >= 4 is 28.5 Å². The Balaban J connectivity index is 1.44. The molecule has 9 nitrogen and oxygen atoms in total. The van der Waals surface area contributed by atoms with Crippen molar-refractivity contribution in [3.8, 4) is 0 Å². The van der Waals surface area contributed by atoms with Crippen LogP contribution in [0.25, 0.3) is 10.9 Å². The lowest BCUT2D eigenvalue weighted by Gasteiger charge is -2.28. The largest absolute Gasteiger partial charge is 0.378 e. The van der Waals surface area contributed by atoms with E-state index in [-0.39, 0.29) is 11.5 Å². The number of fused-ring (bicyclic) bond motifs is 1. The minimum Gasteiger partial charge on any atom is -0.378 e. The van der Waals surface area contributed by atoms with E-state index in [2.05, 4.69) is 30.2 Å². The Hall–Kier alpha value is -3.20. The first-order valence-corrected chi connectivity index (χ1v) is 8.88. The molecule has 3 heterocycles. The zero-order valence-corrected chi connectivity index (χ0v) is 14.8. The van der Waals surface area contributed by atoms with Crippen LogP contribution in [0, 0.1) is 0 Å². The van der Waals surface area contributed by atoms with Crippen LogP contribution in [-0.4, -0.2) is 52.8 Å². The van der Waals surface area contributed by atoms with Crippen LogP contribution in [-0.2, 0) is 11.2 Å². The van der Waals surface area contributed by atoms with Crippen LogP contribution in [0.15, 0.2) is 35.1 Å². The van der Waals surface area contributed by atoms with Crippen LogP contribution in [0.4, 0.5) is 17.6 Å². The van der Waals surface area contributed by atoms with Gasteiger partial charge in [0.25, 0.3) is 5.56 Å². The highest BCUT2D eigenvalue weighted by molar-refractivity contribution is 5.77. The third-order valence-electron chi connectivity index (χ3n) is 4.39. The monoisotopic (exact) mass is 367 g/mol. The molecule has 0 radical (unpaired) electrons. The fourth-order valence-electron chi connectivity index (χ4n) is 3.06. The summed E-state index contributed by atoms with van der Waals surface area (Å²) in [5, 5.41) is 3.82. The number of aromatic nitrogens is 4. The van der Waals surface area contributed by atoms with E-state index in [0.29, 0.717) is 48.7 Å². The molecule has 1 fully saturated rings. The number of nitrogens with two attached hydrogens (primary N) is 1. The molecule has 1 aromatic carbocycles. The molecule has 0 saturated carbocycles. The Morgan fingerprint density at radius 1 is 1.19 bits per heavy atom. The van der Waals surface area contributed by atoms with Gasteiger partial charge in [0.05, 0.1) is 24.1 Å². The molecule has 0 spiro atoms. The van der Waals surface area contributed by atoms with Gasteiger partial charge in [0.2, 0.25) is 5.95 Å². The molecule has 1 saturated heterocycles. The smallest absolute Gasteiger partial charge is 0.258 e. The average Bonchev–Trinajstić information content (AvgIpc) is 2.68. The number of nitrogens with zero attached hydrogens (tertiary/aromatic N) is 4. The van der Waals surface area contributed by atoms with Crippen molar-refractivity contribution < 1.29 is 4.74 Å². The minimum absolute atomic E-state index is 0.128. The third kappa shape index (κ3) is 3.98. The quantitative estimate of drug-likeness (QED) is 0.605. The molecule has 0 unspecified atom stereocenters. The van der Waals surface area contributed by atoms with Crippen LogP contribution in [0.5, 0.6) is 0 Å². The fraction of sp³-hybridized carbons (Fsp3) is 0.333. The number of anilines is 3. The van der Waals surface area contributed by atoms with Crippen LogP contribution < -0.4 is 21.5 Å². The first-order valence-electron chi connectivity index (χ1n) is 8.88. The second-order valence-electron chi connectivity index (χ2n) is 6.28. The zero-order valence-electron chi connectivity index (χ0n) is 14.8. The number of rotatable bonds is 5. The highest BCUT2D eigenvalue weighted by Gasteiger charge is 2.14. The van der Waals surface area contributed by atoms with Gasteiger partial charge in [0.1, 0.15) is 17.5 Å². The van der Waals surface area contributed by atoms with Gasteiger partial charge in [-0.05, 0) is 12.1 Å². The lowest BCUT2D eigenvalue weighted by Crippen LogP contribution is -2.37. The molecule has 1 aliphatic heterocycles. The molecule has 140 valence electrons. The van der Waals surface area contributed by atoms with E-state index in [1.54, 1.807) is 6.07 Å². The van der Waals surface area contributed by atoms with Crippen molar-refractivity contribution in [3.05, 3.63) is 46.5 Å². The molecule has 0 amide bonds. The first-order chi connectivity index (χ1) is 13.2. The van der Waals surface area contributed by atoms with Crippen molar-refractivity contribution in [2.75, 3.05) is 48.8 Å². The Morgan fingerprint density at radius 2 is 2.00 bits per heavy atom. The van der Waals surface area contributed by atoms with Gasteiger partial charge in [-0.25, -0.2) is 4.98 Å². The zero-order chi connectivity index (χ0) is 18.6. The fourth-order valence-corrected chi connectivity index (χ4v) is 3.06. The van der Waals surface area contributed by atoms with Gasteiger partial charge in [0, 0.05) is 32.1 Å². The topological polar surface area (TPSA) is 122 Å². The SMILES string of the molecule is Nc1nc(NCCc2nc3ccccc3c(=O)[nH]2)cc(N2CCOCC2)n1. The van der Waals surface area contributed by atoms with Crippen LogP contribution in [0.1, 0.15) is 5.82 Å². The normalized spacial score (nSPS) is 14.4. The van der Waals surface area contributed by atoms with Gasteiger partial charge in [-0.2, -0.15) is 9.97 Å². The molecule has 0 bridgehead atoms. The van der Waals surface area contributed by atoms with Crippen molar-refractivity contribution in [1.29, 1.82) is 0 Å². The van der Waals surface area contributed by atoms with Gasteiger partial charge in [-0.3, -0.25) is 4.79 Å². The van der Waals surface area contributed by atoms with Gasteiger partial charge in [0.15, 0.2) is 0 Å². The standard InChI is InChI=1S/C18H21N7O2/c19-18-23-15(11-16(24-18)25-7-9-27-10-8-25)20-6-5-14-21-13-4-2-1-3-12(13)17(26)22-14/h1-4,11H,5-10H2,(H,21,22,26)(H3,19,20,23,24). The number of para-hydroxylation sites is 1. The van der Waals surface area contributed by atoms with Crippen molar-refractivity contribution in [3.63, 3.8) is 0 Å². The highest BCUT2D eigenvalue weighted by Crippen LogP contribution is 2.18. The maximum atomic E-state index is 12.1. The van der Waals surface area contributed by atoms with E-state index in [1.807, 2.05) is 24.3 Å². The average molecular weight is 367 g/mol. The number of benzene rings is 1. The van der Waals surface area contributed by atoms with E-state index in [0.717, 1.165) is 18.9 Å². The molecule has 4 rings (SSSR count). The summed E-state index contributed by atoms with van der Waals surface area (Å²) in [4.78, 5) is 30.1. The summed E-state index contributed by atoms with van der Waals surface area (Å²) in [6.45, 7) is 3.46. The van der Waals surface area contributed by atoms with E-state index >= 15 is 0 Å². The van der Waals surface area contributed by atoms with Crippen molar-refractivity contribution in [2.24, 2.45) is 0 Å². The Kier molecular flexibility index (Phi) is 4.84. The molecule has 3 aromatic rings. The van der Waals surface area contributed by atoms with Gasteiger partial charge >= 0.3 is 0 Å². The number of hydrogen-bond donors (Lipinski definition) is 3. The summed E-state index contributed by atoms with van der Waals surface area (Å²) in [5.74, 6) is 2.28. The summed E-state index contributed by atoms with van der Waals surface area (Å²) >= 11 is 0. The molecule has 0 aliphatic carbocycles. The van der Waals surface area contributed by atoms with Crippen molar-refractivity contribution in [1.82, 2.24) is 19.9 Å². The van der Waals surface area contributed by atoms with E-state index in [1.165, 1.54) is 0 Å². The lowest BCUT2D eigenvalue weighted by atomic mass is 10.2. The number of morpholine rings is 1. The number of aromatic amines is 1. The molecular formula is C18H21N7O2. The minimum atomic E-state index is -0.128. The van der Waals surface area contributed by atoms with E-state index < -0.39 is 0 Å². The van der Waals surface area contributed by atoms with E-state index in [4.69, 9.17) is 10.5 Å². The molecule has 0 atom stereocenters. The van der Waals surface area contributed by atoms with Gasteiger partial charge in [-0.1, -0.05) is 12.1 Å². The predicted molar refractivity (Wildman–Crippen MR) is 104 cm³/mol. The highest BCUT2D eigenvalue weighted by atomic mass is 16.5. The van der Waals surface area contributed by atoms with E-state index in [9.17, 15) is 4.79 Å². The second-order valence-corrected chi connectivity index (χ2v) is 6.28. The lowest BCUT2D eigenvalue weighted by molar-refractivity contribution is 0.122. The maximum Gasteiger partial charge on any atom is 0.258 e. The van der Waals surface area contributed by atoms with Gasteiger partial charge in [-0.15, -0.1) is 0 Å². The van der Waals surface area contributed by atoms with Crippen LogP contribution >= 0.6 is 0 Å². The number of ether oxygens (including phenoxy) is 1. The molecule has 4 N–H and O–H groups in total. The molecule has 2 aromatic heterocycles. The van der Waals surface area contributed by atoms with Gasteiger partial charge < -0.3 is 25.7 Å². The van der Waals surface area contributed by atoms with Crippen LogP contribution in [0.3, 0.4) is 0 Å². The summed E-state index contributed by atoms with van der Waals surface area (Å²) < 4.78 is 5.37. The molecule has 1 aliphatic rings. The summed E-state index contributed by atoms with van der Waals surface area (Å²) in [6, 6.07) is 9.17. The molecule has 9 heteroatoms. The third-order valence-corrected chi connectivity index (χ3v) is 4.39.